The van der Waals surface area contributed by atoms with Gasteiger partial charge in [-0.05, 0) is 23.8 Å². The van der Waals surface area contributed by atoms with Crippen LogP contribution in [0.25, 0.3) is 6.08 Å². The monoisotopic (exact) mass is 347 g/mol. The maximum atomic E-state index is 12.1. The van der Waals surface area contributed by atoms with Crippen LogP contribution < -0.4 is 19.5 Å². The first-order valence-corrected chi connectivity index (χ1v) is 7.49. The van der Waals surface area contributed by atoms with Gasteiger partial charge in [0.1, 0.15) is 17.2 Å². The summed E-state index contributed by atoms with van der Waals surface area (Å²) in [6, 6.07) is 10.6. The molecule has 0 aliphatic rings. The van der Waals surface area contributed by atoms with Gasteiger partial charge in [-0.15, -0.1) is 0 Å². The van der Waals surface area contributed by atoms with Gasteiger partial charge in [0.15, 0.2) is 0 Å². The summed E-state index contributed by atoms with van der Waals surface area (Å²) in [5, 5.41) is 3.14. The molecule has 0 aliphatic carbocycles. The average molecular weight is 348 g/mol. The minimum atomic E-state index is -0.305. The van der Waals surface area contributed by atoms with E-state index in [4.69, 9.17) is 25.8 Å². The molecular formula is C18H18ClNO4. The number of nitrogens with one attached hydrogen (secondary N) is 1. The standard InChI is InChI=1S/C18H18ClNO4/c1-22-13-6-4-5-12(9-13)7-8-18(21)20-15-11-16(23-2)14(19)10-17(15)24-3/h4-11H,1-3H3,(H,20,21)/b8-7+. The fourth-order valence-corrected chi connectivity index (χ4v) is 2.28. The molecule has 6 heteroatoms. The largest absolute Gasteiger partial charge is 0.497 e. The molecule has 5 nitrogen and oxygen atoms in total. The zero-order valence-corrected chi connectivity index (χ0v) is 14.4. The maximum absolute atomic E-state index is 12.1. The molecule has 0 spiro atoms. The molecule has 0 saturated carbocycles. The van der Waals surface area contributed by atoms with Crippen LogP contribution in [-0.2, 0) is 4.79 Å². The number of amides is 1. The Morgan fingerprint density at radius 1 is 1.04 bits per heavy atom. The van der Waals surface area contributed by atoms with Gasteiger partial charge in [0.05, 0.1) is 32.0 Å². The van der Waals surface area contributed by atoms with Gasteiger partial charge < -0.3 is 19.5 Å². The van der Waals surface area contributed by atoms with Crippen molar-refractivity contribution >= 4 is 29.3 Å². The molecule has 126 valence electrons. The van der Waals surface area contributed by atoms with Crippen LogP contribution in [-0.4, -0.2) is 27.2 Å². The first kappa shape index (κ1) is 17.7. The third-order valence-electron chi connectivity index (χ3n) is 3.25. The third kappa shape index (κ3) is 4.43. The van der Waals surface area contributed by atoms with Crippen LogP contribution in [0.5, 0.6) is 17.2 Å². The fourth-order valence-electron chi connectivity index (χ4n) is 2.05. The second kappa shape index (κ2) is 8.26. The van der Waals surface area contributed by atoms with E-state index in [2.05, 4.69) is 5.32 Å². The summed E-state index contributed by atoms with van der Waals surface area (Å²) < 4.78 is 15.5. The lowest BCUT2D eigenvalue weighted by Gasteiger charge is -2.12. The van der Waals surface area contributed by atoms with Crippen molar-refractivity contribution in [2.24, 2.45) is 0 Å². The van der Waals surface area contributed by atoms with Gasteiger partial charge in [-0.25, -0.2) is 0 Å². The number of halogens is 1. The van der Waals surface area contributed by atoms with Gasteiger partial charge in [0, 0.05) is 18.2 Å². The quantitative estimate of drug-likeness (QED) is 0.802. The van der Waals surface area contributed by atoms with Crippen LogP contribution >= 0.6 is 11.6 Å². The first-order valence-electron chi connectivity index (χ1n) is 7.12. The highest BCUT2D eigenvalue weighted by molar-refractivity contribution is 6.32. The molecule has 0 fully saturated rings. The highest BCUT2D eigenvalue weighted by atomic mass is 35.5. The molecular weight excluding hydrogens is 330 g/mol. The first-order chi connectivity index (χ1) is 11.6. The molecule has 0 aromatic heterocycles. The number of carbonyl (C=O) groups excluding carboxylic acids is 1. The van der Waals surface area contributed by atoms with Crippen molar-refractivity contribution in [3.05, 3.63) is 53.1 Å². The number of ether oxygens (including phenoxy) is 3. The minimum Gasteiger partial charge on any atom is -0.497 e. The van der Waals surface area contributed by atoms with E-state index in [0.717, 1.165) is 11.3 Å². The van der Waals surface area contributed by atoms with Crippen molar-refractivity contribution in [1.29, 1.82) is 0 Å². The predicted octanol–water partition coefficient (Wildman–Crippen LogP) is 4.02. The molecule has 2 aromatic rings. The van der Waals surface area contributed by atoms with E-state index in [1.807, 2.05) is 24.3 Å². The van der Waals surface area contributed by atoms with Crippen molar-refractivity contribution < 1.29 is 19.0 Å². The van der Waals surface area contributed by atoms with Crippen molar-refractivity contribution in [2.45, 2.75) is 0 Å². The van der Waals surface area contributed by atoms with Crippen LogP contribution in [0.4, 0.5) is 5.69 Å². The van der Waals surface area contributed by atoms with E-state index < -0.39 is 0 Å². The molecule has 0 heterocycles. The molecule has 24 heavy (non-hydrogen) atoms. The van der Waals surface area contributed by atoms with Crippen LogP contribution in [0.2, 0.25) is 5.02 Å². The Hall–Kier alpha value is -2.66. The van der Waals surface area contributed by atoms with Gasteiger partial charge in [0.2, 0.25) is 5.91 Å². The summed E-state index contributed by atoms with van der Waals surface area (Å²) >= 11 is 6.04. The van der Waals surface area contributed by atoms with Crippen LogP contribution in [0.15, 0.2) is 42.5 Å². The molecule has 2 aromatic carbocycles. The Morgan fingerprint density at radius 2 is 1.79 bits per heavy atom. The predicted molar refractivity (Wildman–Crippen MR) is 95.2 cm³/mol. The van der Waals surface area contributed by atoms with Crippen molar-refractivity contribution in [3.63, 3.8) is 0 Å². The number of carbonyl (C=O) groups is 1. The summed E-state index contributed by atoms with van der Waals surface area (Å²) in [5.41, 5.74) is 1.32. The van der Waals surface area contributed by atoms with Gasteiger partial charge in [-0.2, -0.15) is 0 Å². The number of hydrogen-bond donors (Lipinski definition) is 1. The Bertz CT molecular complexity index is 759. The van der Waals surface area contributed by atoms with E-state index in [0.29, 0.717) is 22.2 Å². The van der Waals surface area contributed by atoms with Gasteiger partial charge in [-0.1, -0.05) is 23.7 Å². The van der Waals surface area contributed by atoms with Gasteiger partial charge >= 0.3 is 0 Å². The summed E-state index contributed by atoms with van der Waals surface area (Å²) in [7, 11) is 4.59. The SMILES string of the molecule is COc1cccc(/C=C/C(=O)Nc2cc(OC)c(Cl)cc2OC)c1. The summed E-state index contributed by atoms with van der Waals surface area (Å²) in [4.78, 5) is 12.1. The van der Waals surface area contributed by atoms with E-state index in [1.165, 1.54) is 20.3 Å². The number of hydrogen-bond acceptors (Lipinski definition) is 4. The van der Waals surface area contributed by atoms with Crippen molar-refractivity contribution in [1.82, 2.24) is 0 Å². The summed E-state index contributed by atoms with van der Waals surface area (Å²) in [5.74, 6) is 1.32. The number of methoxy groups -OCH3 is 3. The van der Waals surface area contributed by atoms with Gasteiger partial charge in [0.25, 0.3) is 0 Å². The van der Waals surface area contributed by atoms with Gasteiger partial charge in [-0.3, -0.25) is 4.79 Å². The second-order valence-electron chi connectivity index (χ2n) is 4.79. The molecule has 0 aliphatic heterocycles. The molecule has 0 atom stereocenters. The van der Waals surface area contributed by atoms with E-state index >= 15 is 0 Å². The zero-order chi connectivity index (χ0) is 17.5. The third-order valence-corrected chi connectivity index (χ3v) is 3.55. The summed E-state index contributed by atoms with van der Waals surface area (Å²) in [6.45, 7) is 0. The number of benzene rings is 2. The smallest absolute Gasteiger partial charge is 0.248 e. The Balaban J connectivity index is 2.15. The summed E-state index contributed by atoms with van der Waals surface area (Å²) in [6.07, 6.45) is 3.12. The molecule has 2 rings (SSSR count). The Kier molecular flexibility index (Phi) is 6.09. The molecule has 1 N–H and O–H groups in total. The lowest BCUT2D eigenvalue weighted by molar-refractivity contribution is -0.111. The lowest BCUT2D eigenvalue weighted by atomic mass is 10.2. The van der Waals surface area contributed by atoms with Crippen molar-refractivity contribution in [2.75, 3.05) is 26.6 Å². The molecule has 0 unspecified atom stereocenters. The van der Waals surface area contributed by atoms with Crippen LogP contribution in [0.1, 0.15) is 5.56 Å². The Morgan fingerprint density at radius 3 is 2.46 bits per heavy atom. The topological polar surface area (TPSA) is 56.8 Å². The van der Waals surface area contributed by atoms with E-state index in [-0.39, 0.29) is 5.91 Å². The number of anilines is 1. The van der Waals surface area contributed by atoms with Crippen LogP contribution in [0.3, 0.4) is 0 Å². The molecule has 1 amide bonds. The van der Waals surface area contributed by atoms with Crippen molar-refractivity contribution in [3.8, 4) is 17.2 Å². The number of rotatable bonds is 6. The lowest BCUT2D eigenvalue weighted by Crippen LogP contribution is -2.09. The maximum Gasteiger partial charge on any atom is 0.248 e. The average Bonchev–Trinajstić information content (AvgIpc) is 2.61. The highest BCUT2D eigenvalue weighted by Crippen LogP contribution is 2.35. The van der Waals surface area contributed by atoms with Crippen LogP contribution in [0, 0.1) is 0 Å². The second-order valence-corrected chi connectivity index (χ2v) is 5.19. The zero-order valence-electron chi connectivity index (χ0n) is 13.6. The molecule has 0 bridgehead atoms. The molecule has 0 radical (unpaired) electrons. The molecule has 0 saturated heterocycles. The normalized spacial score (nSPS) is 10.5. The van der Waals surface area contributed by atoms with E-state index in [1.54, 1.807) is 25.3 Å². The minimum absolute atomic E-state index is 0.305. The fraction of sp³-hybridized carbons (Fsp3) is 0.167. The van der Waals surface area contributed by atoms with E-state index in [9.17, 15) is 4.79 Å². The Labute approximate surface area is 145 Å². The highest BCUT2D eigenvalue weighted by Gasteiger charge is 2.11.